The largest absolute Gasteiger partial charge is 0.497 e. The first kappa shape index (κ1) is 15.5. The number of hydrogen-bond donors (Lipinski definition) is 2. The molecule has 0 radical (unpaired) electrons. The van der Waals surface area contributed by atoms with Gasteiger partial charge < -0.3 is 15.8 Å². The third-order valence-electron chi connectivity index (χ3n) is 2.77. The SMILES string of the molecule is COc1cccc(C(CCN)C(=O)NC(C)(C)C)c1. The van der Waals surface area contributed by atoms with Gasteiger partial charge in [0.25, 0.3) is 0 Å². The van der Waals surface area contributed by atoms with Gasteiger partial charge in [0.2, 0.25) is 5.91 Å². The second-order valence-electron chi connectivity index (χ2n) is 5.65. The molecule has 0 bridgehead atoms. The quantitative estimate of drug-likeness (QED) is 0.855. The summed E-state index contributed by atoms with van der Waals surface area (Å²) in [5, 5.41) is 3.00. The normalized spacial score (nSPS) is 12.9. The number of nitrogens with two attached hydrogens (primary N) is 1. The highest BCUT2D eigenvalue weighted by molar-refractivity contribution is 5.84. The van der Waals surface area contributed by atoms with Crippen LogP contribution >= 0.6 is 0 Å². The van der Waals surface area contributed by atoms with Crippen LogP contribution in [-0.4, -0.2) is 25.1 Å². The number of rotatable bonds is 5. The van der Waals surface area contributed by atoms with Gasteiger partial charge in [0.05, 0.1) is 13.0 Å². The van der Waals surface area contributed by atoms with Crippen molar-refractivity contribution in [3.05, 3.63) is 29.8 Å². The molecule has 4 heteroatoms. The molecule has 1 amide bonds. The topological polar surface area (TPSA) is 64.3 Å². The summed E-state index contributed by atoms with van der Waals surface area (Å²) in [4.78, 5) is 12.3. The summed E-state index contributed by atoms with van der Waals surface area (Å²) >= 11 is 0. The van der Waals surface area contributed by atoms with E-state index in [1.807, 2.05) is 45.0 Å². The van der Waals surface area contributed by atoms with Crippen LogP contribution in [0, 0.1) is 0 Å². The highest BCUT2D eigenvalue weighted by Crippen LogP contribution is 2.24. The Labute approximate surface area is 115 Å². The maximum atomic E-state index is 12.3. The smallest absolute Gasteiger partial charge is 0.227 e. The molecule has 106 valence electrons. The summed E-state index contributed by atoms with van der Waals surface area (Å²) < 4.78 is 5.20. The number of carbonyl (C=O) groups is 1. The Hall–Kier alpha value is -1.55. The Bertz CT molecular complexity index is 424. The van der Waals surface area contributed by atoms with E-state index in [4.69, 9.17) is 10.5 Å². The Kier molecular flexibility index (Phi) is 5.36. The lowest BCUT2D eigenvalue weighted by Crippen LogP contribution is -2.43. The lowest BCUT2D eigenvalue weighted by molar-refractivity contribution is -0.124. The number of ether oxygens (including phenoxy) is 1. The number of benzene rings is 1. The Morgan fingerprint density at radius 3 is 2.63 bits per heavy atom. The third kappa shape index (κ3) is 4.91. The maximum Gasteiger partial charge on any atom is 0.227 e. The number of carbonyl (C=O) groups excluding carboxylic acids is 1. The summed E-state index contributed by atoms with van der Waals surface area (Å²) in [7, 11) is 1.62. The van der Waals surface area contributed by atoms with Crippen LogP contribution in [0.5, 0.6) is 5.75 Å². The van der Waals surface area contributed by atoms with Crippen LogP contribution in [0.25, 0.3) is 0 Å². The molecule has 0 spiro atoms. The van der Waals surface area contributed by atoms with E-state index in [-0.39, 0.29) is 17.4 Å². The first-order valence-electron chi connectivity index (χ1n) is 6.53. The fourth-order valence-corrected chi connectivity index (χ4v) is 1.93. The molecule has 0 saturated carbocycles. The van der Waals surface area contributed by atoms with Gasteiger partial charge in [-0.3, -0.25) is 4.79 Å². The molecule has 1 aromatic rings. The average Bonchev–Trinajstić information content (AvgIpc) is 2.33. The van der Waals surface area contributed by atoms with Gasteiger partial charge in [0.1, 0.15) is 5.75 Å². The lowest BCUT2D eigenvalue weighted by atomic mass is 9.93. The molecule has 0 aliphatic heterocycles. The van der Waals surface area contributed by atoms with E-state index in [2.05, 4.69) is 5.32 Å². The summed E-state index contributed by atoms with van der Waals surface area (Å²) in [5.74, 6) is 0.522. The van der Waals surface area contributed by atoms with Crippen LogP contribution in [0.3, 0.4) is 0 Å². The van der Waals surface area contributed by atoms with E-state index < -0.39 is 0 Å². The van der Waals surface area contributed by atoms with E-state index in [0.717, 1.165) is 11.3 Å². The van der Waals surface area contributed by atoms with Crippen LogP contribution in [0.4, 0.5) is 0 Å². The minimum atomic E-state index is -0.247. The van der Waals surface area contributed by atoms with Crippen LogP contribution < -0.4 is 15.8 Å². The predicted molar refractivity (Wildman–Crippen MR) is 77.3 cm³/mol. The summed E-state index contributed by atoms with van der Waals surface area (Å²) in [5.41, 5.74) is 6.32. The van der Waals surface area contributed by atoms with Crippen LogP contribution in [0.1, 0.15) is 38.7 Å². The average molecular weight is 264 g/mol. The molecule has 1 atom stereocenters. The molecule has 0 aliphatic carbocycles. The Morgan fingerprint density at radius 1 is 1.42 bits per heavy atom. The van der Waals surface area contributed by atoms with Crippen molar-refractivity contribution in [1.82, 2.24) is 5.32 Å². The minimum Gasteiger partial charge on any atom is -0.497 e. The molecule has 1 rings (SSSR count). The lowest BCUT2D eigenvalue weighted by Gasteiger charge is -2.25. The van der Waals surface area contributed by atoms with E-state index in [9.17, 15) is 4.79 Å². The van der Waals surface area contributed by atoms with Crippen LogP contribution in [-0.2, 0) is 4.79 Å². The number of nitrogens with one attached hydrogen (secondary N) is 1. The van der Waals surface area contributed by atoms with Crippen LogP contribution in [0.2, 0.25) is 0 Å². The van der Waals surface area contributed by atoms with Gasteiger partial charge in [-0.1, -0.05) is 12.1 Å². The predicted octanol–water partition coefficient (Wildman–Crippen LogP) is 2.04. The molecule has 0 saturated heterocycles. The molecule has 1 aromatic carbocycles. The standard InChI is InChI=1S/C15H24N2O2/c1-15(2,3)17-14(18)13(8-9-16)11-6-5-7-12(10-11)19-4/h5-7,10,13H,8-9,16H2,1-4H3,(H,17,18). The van der Waals surface area contributed by atoms with Crippen molar-refractivity contribution in [3.8, 4) is 5.75 Å². The van der Waals surface area contributed by atoms with Crippen LogP contribution in [0.15, 0.2) is 24.3 Å². The van der Waals surface area contributed by atoms with Gasteiger partial charge in [-0.15, -0.1) is 0 Å². The maximum absolute atomic E-state index is 12.3. The molecule has 0 fully saturated rings. The molecule has 19 heavy (non-hydrogen) atoms. The van der Waals surface area contributed by atoms with E-state index in [1.54, 1.807) is 7.11 Å². The van der Waals surface area contributed by atoms with Gasteiger partial charge in [-0.25, -0.2) is 0 Å². The summed E-state index contributed by atoms with van der Waals surface area (Å²) in [6.07, 6.45) is 0.620. The van der Waals surface area contributed by atoms with Gasteiger partial charge in [0, 0.05) is 5.54 Å². The second-order valence-corrected chi connectivity index (χ2v) is 5.65. The van der Waals surface area contributed by atoms with Gasteiger partial charge in [0.15, 0.2) is 0 Å². The van der Waals surface area contributed by atoms with Crippen molar-refractivity contribution in [3.63, 3.8) is 0 Å². The van der Waals surface area contributed by atoms with E-state index >= 15 is 0 Å². The van der Waals surface area contributed by atoms with Crippen molar-refractivity contribution >= 4 is 5.91 Å². The number of methoxy groups -OCH3 is 1. The zero-order valence-corrected chi connectivity index (χ0v) is 12.2. The molecule has 4 nitrogen and oxygen atoms in total. The van der Waals surface area contributed by atoms with Crippen molar-refractivity contribution in [2.45, 2.75) is 38.6 Å². The summed E-state index contributed by atoms with van der Waals surface area (Å²) in [6.45, 7) is 6.38. The van der Waals surface area contributed by atoms with Gasteiger partial charge in [-0.05, 0) is 51.4 Å². The first-order chi connectivity index (χ1) is 8.87. The second kappa shape index (κ2) is 6.57. The highest BCUT2D eigenvalue weighted by Gasteiger charge is 2.24. The fourth-order valence-electron chi connectivity index (χ4n) is 1.93. The Morgan fingerprint density at radius 2 is 2.11 bits per heavy atom. The van der Waals surface area contributed by atoms with E-state index in [1.165, 1.54) is 0 Å². The highest BCUT2D eigenvalue weighted by atomic mass is 16.5. The zero-order chi connectivity index (χ0) is 14.5. The van der Waals surface area contributed by atoms with Crippen molar-refractivity contribution < 1.29 is 9.53 Å². The molecule has 0 aliphatic rings. The number of hydrogen-bond acceptors (Lipinski definition) is 3. The van der Waals surface area contributed by atoms with Crippen molar-refractivity contribution in [1.29, 1.82) is 0 Å². The molecular weight excluding hydrogens is 240 g/mol. The molecule has 3 N–H and O–H groups in total. The minimum absolute atomic E-state index is 0.00574. The third-order valence-corrected chi connectivity index (χ3v) is 2.77. The van der Waals surface area contributed by atoms with Gasteiger partial charge >= 0.3 is 0 Å². The molecule has 0 heterocycles. The Balaban J connectivity index is 2.95. The van der Waals surface area contributed by atoms with Gasteiger partial charge in [-0.2, -0.15) is 0 Å². The van der Waals surface area contributed by atoms with E-state index in [0.29, 0.717) is 13.0 Å². The van der Waals surface area contributed by atoms with Crippen molar-refractivity contribution in [2.24, 2.45) is 5.73 Å². The molecular formula is C15H24N2O2. The molecule has 0 aromatic heterocycles. The monoisotopic (exact) mass is 264 g/mol. The number of amides is 1. The summed E-state index contributed by atoms with van der Waals surface area (Å²) in [6, 6.07) is 7.58. The first-order valence-corrected chi connectivity index (χ1v) is 6.53. The fraction of sp³-hybridized carbons (Fsp3) is 0.533. The van der Waals surface area contributed by atoms with Crippen molar-refractivity contribution in [2.75, 3.05) is 13.7 Å². The molecule has 1 unspecified atom stereocenters. The zero-order valence-electron chi connectivity index (χ0n) is 12.2.